The van der Waals surface area contributed by atoms with Crippen molar-refractivity contribution in [1.29, 1.82) is 0 Å². The summed E-state index contributed by atoms with van der Waals surface area (Å²) in [6.45, 7) is 7.12. The summed E-state index contributed by atoms with van der Waals surface area (Å²) in [5.41, 5.74) is 9.03. The van der Waals surface area contributed by atoms with E-state index in [0.717, 1.165) is 19.4 Å². The molecule has 0 amide bonds. The van der Waals surface area contributed by atoms with E-state index in [4.69, 9.17) is 5.73 Å². The molecular formula is C8H21N3. The first-order valence-corrected chi connectivity index (χ1v) is 4.32. The Bertz CT molecular complexity index is 83.4. The van der Waals surface area contributed by atoms with Crippen LogP contribution >= 0.6 is 0 Å². The van der Waals surface area contributed by atoms with E-state index in [1.807, 2.05) is 0 Å². The minimum absolute atomic E-state index is 0.125. The van der Waals surface area contributed by atoms with Crippen LogP contribution in [0.25, 0.3) is 0 Å². The Balaban J connectivity index is 3.01. The van der Waals surface area contributed by atoms with Gasteiger partial charge in [0, 0.05) is 6.54 Å². The van der Waals surface area contributed by atoms with Gasteiger partial charge in [0.25, 0.3) is 0 Å². The summed E-state index contributed by atoms with van der Waals surface area (Å²) >= 11 is 0. The fraction of sp³-hybridized carbons (Fsp3) is 0.875. The van der Waals surface area contributed by atoms with E-state index >= 15 is 0 Å². The van der Waals surface area contributed by atoms with Crippen LogP contribution in [0.3, 0.4) is 0 Å². The van der Waals surface area contributed by atoms with Gasteiger partial charge in [-0.3, -0.25) is 11.1 Å². The van der Waals surface area contributed by atoms with E-state index in [0.29, 0.717) is 5.92 Å². The van der Waals surface area contributed by atoms with Crippen molar-refractivity contribution >= 4 is 0 Å². The molecule has 0 spiro atoms. The Morgan fingerprint density at radius 3 is 2.73 bits per heavy atom. The molecule has 0 aliphatic heterocycles. The summed E-state index contributed by atoms with van der Waals surface area (Å²) in [4.78, 5) is 0. The number of hydrogen-bond donors (Lipinski definition) is 3. The maximum absolute atomic E-state index is 5.40. The summed E-state index contributed by atoms with van der Waals surface area (Å²) in [7, 11) is 0. The summed E-state index contributed by atoms with van der Waals surface area (Å²) in [5.74, 6) is 0.595. The zero-order chi connectivity index (χ0) is 8.69. The third-order valence-electron chi connectivity index (χ3n) is 1.77. The molecule has 11 heavy (non-hydrogen) atoms. The normalized spacial score (nSPS) is 16.4. The Labute approximate surface area is 69.5 Å². The second kappa shape index (κ2) is 6.58. The molecule has 0 fully saturated rings. The molecule has 2 unspecified atom stereocenters. The predicted octanol–water partition coefficient (Wildman–Crippen LogP) is -0.299. The molecule has 3 nitrogen and oxygen atoms in total. The molecule has 3 heteroatoms. The lowest BCUT2D eigenvalue weighted by molar-refractivity contribution is -0.427. The fourth-order valence-electron chi connectivity index (χ4n) is 0.882. The minimum atomic E-state index is -0.125. The Hall–Kier alpha value is -0.120. The van der Waals surface area contributed by atoms with Crippen LogP contribution < -0.4 is 16.8 Å². The van der Waals surface area contributed by atoms with Gasteiger partial charge in [-0.2, -0.15) is 5.92 Å². The Morgan fingerprint density at radius 1 is 1.64 bits per heavy atom. The lowest BCUT2D eigenvalue weighted by atomic mass is 10.0. The number of nitrogens with one attached hydrogen (secondary N) is 1. The molecule has 0 aliphatic carbocycles. The van der Waals surface area contributed by atoms with Crippen LogP contribution in [-0.2, 0) is 0 Å². The molecule has 0 saturated heterocycles. The number of quaternary nitrogens is 1. The number of rotatable bonds is 6. The van der Waals surface area contributed by atoms with Crippen molar-refractivity contribution in [2.75, 3.05) is 6.54 Å². The molecule has 0 heterocycles. The highest BCUT2D eigenvalue weighted by atomic mass is 15.1. The van der Waals surface area contributed by atoms with Crippen molar-refractivity contribution in [2.45, 2.75) is 32.5 Å². The quantitative estimate of drug-likeness (QED) is 0.283. The van der Waals surface area contributed by atoms with Crippen LogP contribution in [0.5, 0.6) is 0 Å². The lowest BCUT2D eigenvalue weighted by Crippen LogP contribution is -2.73. The van der Waals surface area contributed by atoms with Gasteiger partial charge in [0.15, 0.2) is 6.29 Å². The van der Waals surface area contributed by atoms with Crippen molar-refractivity contribution in [3.05, 3.63) is 6.92 Å². The van der Waals surface area contributed by atoms with Gasteiger partial charge < -0.3 is 12.7 Å². The van der Waals surface area contributed by atoms with E-state index in [-0.39, 0.29) is 6.29 Å². The topological polar surface area (TPSA) is 65.7 Å². The summed E-state index contributed by atoms with van der Waals surface area (Å²) < 4.78 is 0. The average molecular weight is 159 g/mol. The van der Waals surface area contributed by atoms with Crippen LogP contribution in [0.2, 0.25) is 0 Å². The first-order chi connectivity index (χ1) is 5.16. The maximum atomic E-state index is 5.40. The van der Waals surface area contributed by atoms with Crippen molar-refractivity contribution in [3.63, 3.8) is 0 Å². The monoisotopic (exact) mass is 159 g/mol. The van der Waals surface area contributed by atoms with E-state index < -0.39 is 0 Å². The van der Waals surface area contributed by atoms with Crippen molar-refractivity contribution in [2.24, 2.45) is 11.7 Å². The molecule has 0 bridgehead atoms. The third kappa shape index (κ3) is 7.78. The third-order valence-corrected chi connectivity index (χ3v) is 1.77. The van der Waals surface area contributed by atoms with Gasteiger partial charge in [0.05, 0.1) is 0 Å². The van der Waals surface area contributed by atoms with Gasteiger partial charge in [-0.25, -0.2) is 0 Å². The molecule has 6 N–H and O–H groups in total. The van der Waals surface area contributed by atoms with Gasteiger partial charge in [0.2, 0.25) is 0 Å². The highest BCUT2D eigenvalue weighted by Gasteiger charge is 1.95. The first kappa shape index (κ1) is 10.9. The number of hydrogen-bond acceptors (Lipinski definition) is 2. The van der Waals surface area contributed by atoms with Gasteiger partial charge >= 0.3 is 0 Å². The predicted molar refractivity (Wildman–Crippen MR) is 47.2 cm³/mol. The van der Waals surface area contributed by atoms with Gasteiger partial charge in [0.1, 0.15) is 0 Å². The van der Waals surface area contributed by atoms with E-state index in [1.165, 1.54) is 6.42 Å². The maximum Gasteiger partial charge on any atom is 0.192 e. The van der Waals surface area contributed by atoms with Gasteiger partial charge in [-0.15, -0.1) is 0 Å². The standard InChI is InChI=1S/C8H20N3/c1-3-7(2)5-4-6-11-8(9)10/h7-8,11H,2-6,9-10H2,1H3/q-1/p+1. The van der Waals surface area contributed by atoms with Crippen molar-refractivity contribution in [3.8, 4) is 0 Å². The second-order valence-electron chi connectivity index (χ2n) is 2.98. The zero-order valence-corrected chi connectivity index (χ0v) is 7.47. The molecule has 0 aromatic rings. The van der Waals surface area contributed by atoms with E-state index in [1.54, 1.807) is 0 Å². The molecule has 2 atom stereocenters. The summed E-state index contributed by atoms with van der Waals surface area (Å²) in [6.07, 6.45) is 3.36. The zero-order valence-electron chi connectivity index (χ0n) is 7.47. The molecule has 0 saturated carbocycles. The van der Waals surface area contributed by atoms with Crippen LogP contribution in [0, 0.1) is 12.8 Å². The Morgan fingerprint density at radius 2 is 2.27 bits per heavy atom. The Kier molecular flexibility index (Phi) is 6.51. The van der Waals surface area contributed by atoms with Crippen molar-refractivity contribution < 1.29 is 5.73 Å². The SMILES string of the molecule is [CH2-]C(CC)CCCNC(N)[NH3+]. The summed E-state index contributed by atoms with van der Waals surface area (Å²) in [5, 5.41) is 3.06. The largest absolute Gasteiger partial charge is 0.340 e. The van der Waals surface area contributed by atoms with Gasteiger partial charge in [-0.05, 0) is 6.42 Å². The molecule has 0 aliphatic rings. The highest BCUT2D eigenvalue weighted by molar-refractivity contribution is 4.59. The molecule has 0 rings (SSSR count). The fourth-order valence-corrected chi connectivity index (χ4v) is 0.882. The molecule has 68 valence electrons. The van der Waals surface area contributed by atoms with Crippen LogP contribution in [0.4, 0.5) is 0 Å². The minimum Gasteiger partial charge on any atom is -0.340 e. The second-order valence-corrected chi connectivity index (χ2v) is 2.98. The highest BCUT2D eigenvalue weighted by Crippen LogP contribution is 2.07. The molecule has 0 aromatic heterocycles. The van der Waals surface area contributed by atoms with E-state index in [9.17, 15) is 0 Å². The smallest absolute Gasteiger partial charge is 0.192 e. The summed E-state index contributed by atoms with van der Waals surface area (Å²) in [6, 6.07) is 0. The molecule has 0 aromatic carbocycles. The average Bonchev–Trinajstić information content (AvgIpc) is 1.97. The van der Waals surface area contributed by atoms with Crippen LogP contribution in [0.15, 0.2) is 0 Å². The van der Waals surface area contributed by atoms with Gasteiger partial charge in [-0.1, -0.05) is 19.8 Å². The lowest BCUT2D eigenvalue weighted by Gasteiger charge is -2.14. The van der Waals surface area contributed by atoms with E-state index in [2.05, 4.69) is 24.9 Å². The molecular weight excluding hydrogens is 138 g/mol. The number of nitrogens with two attached hydrogens (primary N) is 1. The van der Waals surface area contributed by atoms with Crippen LogP contribution in [-0.4, -0.2) is 12.8 Å². The van der Waals surface area contributed by atoms with Crippen LogP contribution in [0.1, 0.15) is 26.2 Å². The first-order valence-electron chi connectivity index (χ1n) is 4.32. The molecule has 0 radical (unpaired) electrons. The van der Waals surface area contributed by atoms with Crippen molar-refractivity contribution in [1.82, 2.24) is 5.32 Å².